The molecule has 8 heteroatoms. The van der Waals surface area contributed by atoms with E-state index in [1.165, 1.54) is 17.5 Å². The van der Waals surface area contributed by atoms with Gasteiger partial charge in [-0.2, -0.15) is 0 Å². The van der Waals surface area contributed by atoms with E-state index in [2.05, 4.69) is 4.31 Å². The van der Waals surface area contributed by atoms with Crippen LogP contribution >= 0.6 is 35.1 Å². The van der Waals surface area contributed by atoms with Crippen LogP contribution in [-0.2, 0) is 17.8 Å². The molecule has 0 radical (unpaired) electrons. The topological polar surface area (TPSA) is 64.0 Å². The maximum Gasteiger partial charge on any atom is 0.233 e. The average Bonchev–Trinajstić information content (AvgIpc) is 2.48. The smallest absolute Gasteiger partial charge is 0.233 e. The predicted molar refractivity (Wildman–Crippen MR) is 83.6 cm³/mol. The van der Waals surface area contributed by atoms with Gasteiger partial charge >= 0.3 is 0 Å². The molecule has 0 bridgehead atoms. The lowest BCUT2D eigenvalue weighted by atomic mass is 10.0. The van der Waals surface area contributed by atoms with Gasteiger partial charge in [0.1, 0.15) is 0 Å². The zero-order valence-corrected chi connectivity index (χ0v) is 13.5. The van der Waals surface area contributed by atoms with Crippen molar-refractivity contribution < 1.29 is 15.1 Å². The van der Waals surface area contributed by atoms with Gasteiger partial charge in [-0.25, -0.2) is 9.37 Å². The van der Waals surface area contributed by atoms with E-state index in [-0.39, 0.29) is 6.61 Å². The molecule has 1 heterocycles. The summed E-state index contributed by atoms with van der Waals surface area (Å²) in [5.74, 6) is 0.419. The normalized spacial score (nSPS) is 16.4. The van der Waals surface area contributed by atoms with Gasteiger partial charge < -0.3 is 5.11 Å². The van der Waals surface area contributed by atoms with Crippen molar-refractivity contribution in [1.82, 2.24) is 9.37 Å². The van der Waals surface area contributed by atoms with Crippen LogP contribution in [0.25, 0.3) is 0 Å². The van der Waals surface area contributed by atoms with Crippen LogP contribution in [-0.4, -0.2) is 51.0 Å². The highest BCUT2D eigenvalue weighted by Gasteiger charge is 2.21. The third-order valence-corrected chi connectivity index (χ3v) is 5.29. The summed E-state index contributed by atoms with van der Waals surface area (Å²) in [7, 11) is 0. The number of hydroxylamine groups is 2. The van der Waals surface area contributed by atoms with Crippen molar-refractivity contribution in [3.63, 3.8) is 0 Å². The SMILES string of the molecule is O=CN(O)C(CO)CSN1CCc2cc(Cl)c(Cl)cc2C1. The minimum atomic E-state index is -0.609. The molecule has 0 aromatic heterocycles. The second-order valence-electron chi connectivity index (χ2n) is 4.77. The van der Waals surface area contributed by atoms with Crippen molar-refractivity contribution in [3.05, 3.63) is 33.3 Å². The fourth-order valence-electron chi connectivity index (χ4n) is 2.12. The van der Waals surface area contributed by atoms with Crippen LogP contribution in [0.4, 0.5) is 0 Å². The first-order valence-electron chi connectivity index (χ1n) is 6.43. The molecule has 1 aromatic rings. The Labute approximate surface area is 137 Å². The number of fused-ring (bicyclic) bond motifs is 1. The molecule has 1 amide bonds. The molecular weight excluding hydrogens is 335 g/mol. The molecule has 5 nitrogen and oxygen atoms in total. The molecule has 2 rings (SSSR count). The number of rotatable bonds is 6. The maximum absolute atomic E-state index is 10.5. The van der Waals surface area contributed by atoms with E-state index in [0.29, 0.717) is 33.8 Å². The fourth-order valence-corrected chi connectivity index (χ4v) is 3.59. The van der Waals surface area contributed by atoms with Crippen LogP contribution < -0.4 is 0 Å². The Hall–Kier alpha value is -0.500. The number of aliphatic hydroxyl groups is 1. The monoisotopic (exact) mass is 350 g/mol. The van der Waals surface area contributed by atoms with E-state index >= 15 is 0 Å². The second kappa shape index (κ2) is 7.67. The number of carbonyl (C=O) groups is 1. The molecule has 0 aliphatic carbocycles. The number of hydrogen-bond donors (Lipinski definition) is 2. The average molecular weight is 351 g/mol. The first-order chi connectivity index (χ1) is 10.0. The van der Waals surface area contributed by atoms with Crippen molar-refractivity contribution in [2.24, 2.45) is 0 Å². The van der Waals surface area contributed by atoms with Crippen LogP contribution in [0, 0.1) is 0 Å². The highest BCUT2D eigenvalue weighted by atomic mass is 35.5. The zero-order chi connectivity index (χ0) is 15.4. The Kier molecular flexibility index (Phi) is 6.16. The summed E-state index contributed by atoms with van der Waals surface area (Å²) in [5.41, 5.74) is 2.32. The van der Waals surface area contributed by atoms with E-state index in [1.807, 2.05) is 12.1 Å². The Bertz CT molecular complexity index is 518. The van der Waals surface area contributed by atoms with Gasteiger partial charge in [-0.05, 0) is 29.7 Å². The van der Waals surface area contributed by atoms with Crippen LogP contribution in [0.1, 0.15) is 11.1 Å². The van der Waals surface area contributed by atoms with Gasteiger partial charge in [0, 0.05) is 18.8 Å². The number of carbonyl (C=O) groups excluding carboxylic acids is 1. The van der Waals surface area contributed by atoms with Gasteiger partial charge in [-0.3, -0.25) is 10.0 Å². The molecule has 1 atom stereocenters. The van der Waals surface area contributed by atoms with Crippen LogP contribution in [0.5, 0.6) is 0 Å². The second-order valence-corrected chi connectivity index (χ2v) is 6.69. The van der Waals surface area contributed by atoms with E-state index in [0.717, 1.165) is 18.5 Å². The summed E-state index contributed by atoms with van der Waals surface area (Å²) >= 11 is 13.5. The summed E-state index contributed by atoms with van der Waals surface area (Å²) in [6.45, 7) is 1.26. The third-order valence-electron chi connectivity index (χ3n) is 3.36. The molecule has 1 aliphatic rings. The minimum Gasteiger partial charge on any atom is -0.394 e. The summed E-state index contributed by atoms with van der Waals surface area (Å²) < 4.78 is 2.12. The summed E-state index contributed by atoms with van der Waals surface area (Å²) in [6, 6.07) is 3.17. The number of nitrogens with zero attached hydrogens (tertiary/aromatic N) is 2. The van der Waals surface area contributed by atoms with E-state index in [4.69, 9.17) is 28.3 Å². The molecule has 21 heavy (non-hydrogen) atoms. The van der Waals surface area contributed by atoms with Gasteiger partial charge in [0.25, 0.3) is 0 Å². The maximum atomic E-state index is 10.5. The van der Waals surface area contributed by atoms with Gasteiger partial charge in [-0.1, -0.05) is 35.1 Å². The third kappa shape index (κ3) is 4.25. The van der Waals surface area contributed by atoms with E-state index in [9.17, 15) is 10.0 Å². The number of benzene rings is 1. The van der Waals surface area contributed by atoms with Gasteiger partial charge in [0.15, 0.2) is 0 Å². The molecule has 116 valence electrons. The van der Waals surface area contributed by atoms with Gasteiger partial charge in [0.2, 0.25) is 6.41 Å². The number of halogens is 2. The molecule has 1 aromatic carbocycles. The number of aliphatic hydroxyl groups excluding tert-OH is 1. The van der Waals surface area contributed by atoms with Crippen molar-refractivity contribution >= 4 is 41.6 Å². The summed E-state index contributed by atoms with van der Waals surface area (Å²) in [6.07, 6.45) is 1.16. The molecule has 0 saturated carbocycles. The van der Waals surface area contributed by atoms with E-state index < -0.39 is 6.04 Å². The highest BCUT2D eigenvalue weighted by Crippen LogP contribution is 2.31. The Morgan fingerprint density at radius 2 is 2.05 bits per heavy atom. The van der Waals surface area contributed by atoms with Gasteiger partial charge in [-0.15, -0.1) is 0 Å². The van der Waals surface area contributed by atoms with Crippen molar-refractivity contribution in [3.8, 4) is 0 Å². The Morgan fingerprint density at radius 3 is 2.67 bits per heavy atom. The first kappa shape index (κ1) is 16.9. The molecule has 1 unspecified atom stereocenters. The van der Waals surface area contributed by atoms with Crippen LogP contribution in [0.3, 0.4) is 0 Å². The number of hydrogen-bond acceptors (Lipinski definition) is 5. The van der Waals surface area contributed by atoms with Crippen LogP contribution in [0.2, 0.25) is 10.0 Å². The lowest BCUT2D eigenvalue weighted by Crippen LogP contribution is -2.37. The lowest BCUT2D eigenvalue weighted by molar-refractivity contribution is -0.161. The first-order valence-corrected chi connectivity index (χ1v) is 8.13. The van der Waals surface area contributed by atoms with Crippen molar-refractivity contribution in [2.75, 3.05) is 18.9 Å². The summed E-state index contributed by atoms with van der Waals surface area (Å²) in [4.78, 5) is 10.5. The molecular formula is C13H16Cl2N2O3S. The minimum absolute atomic E-state index is 0.284. The Balaban J connectivity index is 1.95. The fraction of sp³-hybridized carbons (Fsp3) is 0.462. The standard InChI is InChI=1S/C13H16Cl2N2O3S/c14-12-3-9-1-2-16(5-10(9)4-13(12)15)21-7-11(6-18)17(20)8-19/h3-4,8,11,18,20H,1-2,5-7H2. The van der Waals surface area contributed by atoms with Crippen molar-refractivity contribution in [2.45, 2.75) is 19.0 Å². The predicted octanol–water partition coefficient (Wildman–Crippen LogP) is 2.21. The van der Waals surface area contributed by atoms with Crippen LogP contribution in [0.15, 0.2) is 12.1 Å². The summed E-state index contributed by atoms with van der Waals surface area (Å²) in [5, 5.41) is 20.1. The number of amides is 1. The van der Waals surface area contributed by atoms with Crippen molar-refractivity contribution in [1.29, 1.82) is 0 Å². The molecule has 0 spiro atoms. The quantitative estimate of drug-likeness (QED) is 0.356. The zero-order valence-electron chi connectivity index (χ0n) is 11.2. The lowest BCUT2D eigenvalue weighted by Gasteiger charge is -2.30. The molecule has 2 N–H and O–H groups in total. The molecule has 1 aliphatic heterocycles. The highest BCUT2D eigenvalue weighted by molar-refractivity contribution is 7.97. The Morgan fingerprint density at radius 1 is 1.38 bits per heavy atom. The van der Waals surface area contributed by atoms with Gasteiger partial charge in [0.05, 0.1) is 22.7 Å². The van der Waals surface area contributed by atoms with E-state index in [1.54, 1.807) is 0 Å². The largest absolute Gasteiger partial charge is 0.394 e. The molecule has 0 fully saturated rings. The molecule has 0 saturated heterocycles.